The summed E-state index contributed by atoms with van der Waals surface area (Å²) in [7, 11) is -3.99. The molecule has 0 aromatic carbocycles. The quantitative estimate of drug-likeness (QED) is 0.189. The number of hydrogen-bond donors (Lipinski definition) is 1. The number of anilines is 3. The Hall–Kier alpha value is -4.28. The van der Waals surface area contributed by atoms with Gasteiger partial charge < -0.3 is 29.9 Å². The van der Waals surface area contributed by atoms with Crippen molar-refractivity contribution in [3.8, 4) is 0 Å². The van der Waals surface area contributed by atoms with E-state index in [4.69, 9.17) is 15.2 Å². The van der Waals surface area contributed by atoms with Crippen molar-refractivity contribution >= 4 is 45.0 Å². The molecule has 0 bridgehead atoms. The summed E-state index contributed by atoms with van der Waals surface area (Å²) in [5, 5.41) is 11.1. The van der Waals surface area contributed by atoms with E-state index in [-0.39, 0.29) is 19.2 Å². The molecule has 0 atom stereocenters. The Morgan fingerprint density at radius 2 is 1.83 bits per heavy atom. The van der Waals surface area contributed by atoms with E-state index < -0.39 is 55.4 Å². The van der Waals surface area contributed by atoms with Crippen LogP contribution in [0.15, 0.2) is 23.5 Å². The number of hydrogen-bond acceptors (Lipinski definition) is 14. The van der Waals surface area contributed by atoms with Crippen LogP contribution < -0.4 is 15.5 Å². The highest BCUT2D eigenvalue weighted by Gasteiger charge is 2.31. The van der Waals surface area contributed by atoms with Gasteiger partial charge in [-0.3, -0.25) is 14.9 Å². The fraction of sp³-hybridized carbons (Fsp3) is 0.542. The number of nitro groups is 1. The number of rotatable bonds is 9. The summed E-state index contributed by atoms with van der Waals surface area (Å²) in [6.45, 7) is 8.46. The molecule has 17 heteroatoms. The lowest BCUT2D eigenvalue weighted by Gasteiger charge is -2.36. The summed E-state index contributed by atoms with van der Waals surface area (Å²) in [5.74, 6) is -1.18. The molecule has 1 saturated heterocycles. The Kier molecular flexibility index (Phi) is 9.52. The van der Waals surface area contributed by atoms with E-state index in [1.54, 1.807) is 24.0 Å². The van der Waals surface area contributed by atoms with Crippen LogP contribution in [0.25, 0.3) is 0 Å². The molecule has 1 amide bonds. The van der Waals surface area contributed by atoms with Gasteiger partial charge in [-0.1, -0.05) is 6.07 Å². The van der Waals surface area contributed by atoms with Crippen LogP contribution in [-0.2, 0) is 30.7 Å². The van der Waals surface area contributed by atoms with E-state index in [9.17, 15) is 28.1 Å². The van der Waals surface area contributed by atoms with Gasteiger partial charge in [0.25, 0.3) is 5.16 Å². The standard InChI is InChI=1S/C24H34N8O8S/c1-6-39-18(33)15-31(21-19(32(35)36)20(25)27-22(28-21)41(5,37)38)14-16-7-8-17(26-13-16)29-9-11-30(12-10-29)23(34)40-24(2,3)4/h7-8,13H,6,9-12,14-15H2,1-5H3,(H2,25,27,28). The topological polar surface area (TPSA) is 204 Å². The van der Waals surface area contributed by atoms with Crippen LogP contribution in [-0.4, -0.2) is 96.4 Å². The molecule has 2 N–H and O–H groups in total. The minimum Gasteiger partial charge on any atom is -0.465 e. The average molecular weight is 595 g/mol. The Morgan fingerprint density at radius 3 is 2.34 bits per heavy atom. The third-order valence-corrected chi connectivity index (χ3v) is 6.59. The van der Waals surface area contributed by atoms with Crippen LogP contribution in [0.1, 0.15) is 33.3 Å². The maximum Gasteiger partial charge on any atom is 0.410 e. The largest absolute Gasteiger partial charge is 0.465 e. The number of nitrogen functional groups attached to an aromatic ring is 1. The highest BCUT2D eigenvalue weighted by Crippen LogP contribution is 2.33. The third-order valence-electron chi connectivity index (χ3n) is 5.75. The molecule has 0 saturated carbocycles. The summed E-state index contributed by atoms with van der Waals surface area (Å²) >= 11 is 0. The minimum absolute atomic E-state index is 0.0622. The monoisotopic (exact) mass is 594 g/mol. The molecule has 16 nitrogen and oxygen atoms in total. The Morgan fingerprint density at radius 1 is 1.17 bits per heavy atom. The Labute approximate surface area is 237 Å². The second-order valence-corrected chi connectivity index (χ2v) is 12.1. The first-order chi connectivity index (χ1) is 19.1. The van der Waals surface area contributed by atoms with E-state index in [1.165, 1.54) is 11.1 Å². The lowest BCUT2D eigenvalue weighted by molar-refractivity contribution is -0.383. The molecular formula is C24H34N8O8S. The summed E-state index contributed by atoms with van der Waals surface area (Å²) in [6.07, 6.45) is 1.99. The number of nitrogens with two attached hydrogens (primary N) is 1. The van der Waals surface area contributed by atoms with E-state index >= 15 is 0 Å². The van der Waals surface area contributed by atoms with Crippen molar-refractivity contribution in [2.24, 2.45) is 0 Å². The number of esters is 1. The summed E-state index contributed by atoms with van der Waals surface area (Å²) < 4.78 is 34.7. The molecule has 0 unspecified atom stereocenters. The second kappa shape index (κ2) is 12.5. The van der Waals surface area contributed by atoms with Crippen LogP contribution >= 0.6 is 0 Å². The zero-order valence-corrected chi connectivity index (χ0v) is 24.4. The molecule has 41 heavy (non-hydrogen) atoms. The van der Waals surface area contributed by atoms with E-state index in [2.05, 4.69) is 15.0 Å². The van der Waals surface area contributed by atoms with Crippen molar-refractivity contribution in [1.82, 2.24) is 19.9 Å². The summed E-state index contributed by atoms with van der Waals surface area (Å²) in [6, 6.07) is 3.46. The average Bonchev–Trinajstić information content (AvgIpc) is 2.87. The number of carbonyl (C=O) groups excluding carboxylic acids is 2. The predicted octanol–water partition coefficient (Wildman–Crippen LogP) is 1.39. The summed E-state index contributed by atoms with van der Waals surface area (Å²) in [5.41, 5.74) is 4.96. The zero-order chi connectivity index (χ0) is 30.5. The second-order valence-electron chi connectivity index (χ2n) is 10.2. The molecule has 0 radical (unpaired) electrons. The van der Waals surface area contributed by atoms with Gasteiger partial charge in [-0.15, -0.1) is 0 Å². The van der Waals surface area contributed by atoms with Gasteiger partial charge in [-0.2, -0.15) is 9.97 Å². The van der Waals surface area contributed by atoms with Crippen molar-refractivity contribution in [3.05, 3.63) is 34.0 Å². The Balaban J connectivity index is 1.84. The van der Waals surface area contributed by atoms with E-state index in [1.807, 2.05) is 25.7 Å². The molecule has 224 valence electrons. The van der Waals surface area contributed by atoms with Crippen LogP contribution in [0.4, 0.5) is 27.9 Å². The Bertz CT molecular complexity index is 1390. The number of nitrogens with zero attached hydrogens (tertiary/aromatic N) is 7. The maximum atomic E-state index is 12.4. The van der Waals surface area contributed by atoms with Crippen LogP contribution in [0.5, 0.6) is 0 Å². The molecule has 1 aliphatic heterocycles. The fourth-order valence-corrected chi connectivity index (χ4v) is 4.45. The molecule has 2 aromatic heterocycles. The van der Waals surface area contributed by atoms with E-state index in [0.717, 1.165) is 6.26 Å². The normalized spacial score (nSPS) is 14.0. The molecule has 3 heterocycles. The van der Waals surface area contributed by atoms with Crippen molar-refractivity contribution in [1.29, 1.82) is 0 Å². The van der Waals surface area contributed by atoms with Crippen LogP contribution in [0, 0.1) is 10.1 Å². The number of aromatic nitrogens is 3. The first-order valence-corrected chi connectivity index (χ1v) is 14.6. The third kappa shape index (κ3) is 8.36. The van der Waals surface area contributed by atoms with Crippen molar-refractivity contribution in [2.75, 3.05) is 61.1 Å². The van der Waals surface area contributed by atoms with Crippen molar-refractivity contribution < 1.29 is 32.4 Å². The SMILES string of the molecule is CCOC(=O)CN(Cc1ccc(N2CCN(C(=O)OC(C)(C)C)CC2)nc1)c1nc(S(C)(=O)=O)nc(N)c1[N+](=O)[O-]. The minimum atomic E-state index is -3.99. The number of ether oxygens (including phenoxy) is 2. The van der Waals surface area contributed by atoms with Gasteiger partial charge >= 0.3 is 17.7 Å². The molecule has 2 aromatic rings. The molecule has 0 spiro atoms. The molecule has 1 aliphatic rings. The van der Waals surface area contributed by atoms with Crippen molar-refractivity contribution in [3.63, 3.8) is 0 Å². The molecule has 3 rings (SSSR count). The van der Waals surface area contributed by atoms with Crippen LogP contribution in [0.2, 0.25) is 0 Å². The smallest absolute Gasteiger partial charge is 0.410 e. The number of carbonyl (C=O) groups is 2. The van der Waals surface area contributed by atoms with Gasteiger partial charge in [0.15, 0.2) is 0 Å². The highest BCUT2D eigenvalue weighted by molar-refractivity contribution is 7.90. The van der Waals surface area contributed by atoms with Gasteiger partial charge in [0, 0.05) is 45.2 Å². The number of amides is 1. The number of pyridine rings is 1. The van der Waals surface area contributed by atoms with Crippen molar-refractivity contribution in [2.45, 2.75) is 45.0 Å². The predicted molar refractivity (Wildman–Crippen MR) is 148 cm³/mol. The first kappa shape index (κ1) is 31.3. The first-order valence-electron chi connectivity index (χ1n) is 12.7. The molecule has 1 fully saturated rings. The molecule has 0 aliphatic carbocycles. The fourth-order valence-electron chi connectivity index (χ4n) is 3.93. The maximum absolute atomic E-state index is 12.4. The highest BCUT2D eigenvalue weighted by atomic mass is 32.2. The van der Waals surface area contributed by atoms with Crippen LogP contribution in [0.3, 0.4) is 0 Å². The van der Waals surface area contributed by atoms with Gasteiger partial charge in [0.1, 0.15) is 18.0 Å². The van der Waals surface area contributed by atoms with E-state index in [0.29, 0.717) is 37.6 Å². The number of piperazine rings is 1. The lowest BCUT2D eigenvalue weighted by Crippen LogP contribution is -2.50. The van der Waals surface area contributed by atoms with Gasteiger partial charge in [-0.25, -0.2) is 18.2 Å². The lowest BCUT2D eigenvalue weighted by atomic mass is 10.2. The molecular weight excluding hydrogens is 560 g/mol. The van der Waals surface area contributed by atoms with Gasteiger partial charge in [-0.05, 0) is 39.3 Å². The zero-order valence-electron chi connectivity index (χ0n) is 23.6. The van der Waals surface area contributed by atoms with Gasteiger partial charge in [0.05, 0.1) is 11.5 Å². The van der Waals surface area contributed by atoms with Gasteiger partial charge in [0.2, 0.25) is 21.5 Å². The summed E-state index contributed by atoms with van der Waals surface area (Å²) in [4.78, 5) is 52.5. The number of sulfone groups is 1.